The van der Waals surface area contributed by atoms with Crippen LogP contribution >= 0.6 is 0 Å². The van der Waals surface area contributed by atoms with Gasteiger partial charge in [0.25, 0.3) is 0 Å². The average Bonchev–Trinajstić information content (AvgIpc) is 2.02. The zero-order valence-electron chi connectivity index (χ0n) is 8.40. The van der Waals surface area contributed by atoms with E-state index in [4.69, 9.17) is 13.0 Å². The van der Waals surface area contributed by atoms with Crippen LogP contribution in [0.1, 0.15) is 37.1 Å². The van der Waals surface area contributed by atoms with E-state index in [1.807, 2.05) is 20.8 Å². The zero-order valence-corrected chi connectivity index (χ0v) is 8.40. The van der Waals surface area contributed by atoms with E-state index in [0.29, 0.717) is 5.82 Å². The lowest BCUT2D eigenvalue weighted by Gasteiger charge is -2.16. The van der Waals surface area contributed by atoms with Gasteiger partial charge in [0, 0.05) is 11.6 Å². The number of carboxylic acids is 1. The molecule has 2 radical (unpaired) electrons. The molecular weight excluding hydrogens is 179 g/mol. The highest BCUT2D eigenvalue weighted by atomic mass is 16.4. The van der Waals surface area contributed by atoms with Gasteiger partial charge in [-0.3, -0.25) is 0 Å². The van der Waals surface area contributed by atoms with Gasteiger partial charge in [0.1, 0.15) is 19.4 Å². The van der Waals surface area contributed by atoms with E-state index in [0.717, 1.165) is 0 Å². The van der Waals surface area contributed by atoms with E-state index in [2.05, 4.69) is 9.97 Å². The standard InChI is InChI=1S/C9H11BN2O2/c1-9(2,3)8-11-4-5(10)6(12-8)7(13)14/h4H,1-3H3,(H,13,14). The van der Waals surface area contributed by atoms with Gasteiger partial charge in [0.2, 0.25) is 0 Å². The summed E-state index contributed by atoms with van der Waals surface area (Å²) < 4.78 is 0. The van der Waals surface area contributed by atoms with Crippen molar-refractivity contribution in [3.05, 3.63) is 17.7 Å². The molecule has 0 unspecified atom stereocenters. The molecule has 0 aliphatic rings. The quantitative estimate of drug-likeness (QED) is 0.645. The van der Waals surface area contributed by atoms with Gasteiger partial charge in [-0.2, -0.15) is 0 Å². The molecule has 14 heavy (non-hydrogen) atoms. The maximum atomic E-state index is 10.7. The average molecular weight is 190 g/mol. The van der Waals surface area contributed by atoms with E-state index in [1.165, 1.54) is 6.20 Å². The molecule has 0 aromatic carbocycles. The van der Waals surface area contributed by atoms with Crippen molar-refractivity contribution in [1.29, 1.82) is 0 Å². The first-order valence-corrected chi connectivity index (χ1v) is 4.18. The summed E-state index contributed by atoms with van der Waals surface area (Å²) in [6.45, 7) is 5.72. The molecule has 0 fully saturated rings. The SMILES string of the molecule is [B]c1cnc(C(C)(C)C)nc1C(=O)O. The Morgan fingerprint density at radius 2 is 2.07 bits per heavy atom. The van der Waals surface area contributed by atoms with Crippen LogP contribution in [0.2, 0.25) is 0 Å². The van der Waals surface area contributed by atoms with Gasteiger partial charge in [-0.15, -0.1) is 0 Å². The molecule has 0 atom stereocenters. The molecule has 1 aromatic heterocycles. The summed E-state index contributed by atoms with van der Waals surface area (Å²) in [5, 5.41) is 8.79. The monoisotopic (exact) mass is 190 g/mol. The lowest BCUT2D eigenvalue weighted by Crippen LogP contribution is -2.25. The van der Waals surface area contributed by atoms with Gasteiger partial charge in [-0.05, 0) is 5.46 Å². The Labute approximate surface area is 83.8 Å². The summed E-state index contributed by atoms with van der Waals surface area (Å²) in [6, 6.07) is 0. The first-order valence-electron chi connectivity index (χ1n) is 4.18. The summed E-state index contributed by atoms with van der Waals surface area (Å²) >= 11 is 0. The number of rotatable bonds is 1. The van der Waals surface area contributed by atoms with Crippen molar-refractivity contribution in [2.24, 2.45) is 0 Å². The summed E-state index contributed by atoms with van der Waals surface area (Å²) in [4.78, 5) is 18.6. The number of aromatic nitrogens is 2. The molecular formula is C9H11BN2O2. The lowest BCUT2D eigenvalue weighted by molar-refractivity contribution is 0.0691. The van der Waals surface area contributed by atoms with Crippen LogP contribution in [0.4, 0.5) is 0 Å². The molecule has 0 bridgehead atoms. The molecule has 1 aromatic rings. The summed E-state index contributed by atoms with van der Waals surface area (Å²) in [5.74, 6) is -0.653. The Bertz CT molecular complexity index is 372. The number of carbonyl (C=O) groups is 1. The minimum atomic E-state index is -1.13. The van der Waals surface area contributed by atoms with E-state index >= 15 is 0 Å². The second kappa shape index (κ2) is 3.40. The zero-order chi connectivity index (χ0) is 10.9. The van der Waals surface area contributed by atoms with E-state index < -0.39 is 5.97 Å². The molecule has 1 N–H and O–H groups in total. The van der Waals surface area contributed by atoms with Crippen molar-refractivity contribution in [2.45, 2.75) is 26.2 Å². The first-order chi connectivity index (χ1) is 6.32. The molecule has 1 heterocycles. The fraction of sp³-hybridized carbons (Fsp3) is 0.444. The maximum Gasteiger partial charge on any atom is 0.353 e. The number of aromatic carboxylic acids is 1. The predicted molar refractivity (Wildman–Crippen MR) is 53.1 cm³/mol. The van der Waals surface area contributed by atoms with Gasteiger partial charge in [0.15, 0.2) is 0 Å². The van der Waals surface area contributed by atoms with Gasteiger partial charge < -0.3 is 5.11 Å². The normalized spacial score (nSPS) is 11.4. The smallest absolute Gasteiger partial charge is 0.353 e. The van der Waals surface area contributed by atoms with E-state index in [1.54, 1.807) is 0 Å². The van der Waals surface area contributed by atoms with Crippen LogP contribution in [-0.4, -0.2) is 28.9 Å². The number of hydrogen-bond donors (Lipinski definition) is 1. The Morgan fingerprint density at radius 1 is 1.50 bits per heavy atom. The van der Waals surface area contributed by atoms with E-state index in [-0.39, 0.29) is 16.6 Å². The molecule has 0 aliphatic heterocycles. The molecule has 0 spiro atoms. The molecule has 72 valence electrons. The Kier molecular flexibility index (Phi) is 2.60. The Morgan fingerprint density at radius 3 is 2.50 bits per heavy atom. The number of hydrogen-bond acceptors (Lipinski definition) is 3. The largest absolute Gasteiger partial charge is 0.477 e. The third-order valence-corrected chi connectivity index (χ3v) is 1.69. The van der Waals surface area contributed by atoms with Crippen LogP contribution in [0.15, 0.2) is 6.20 Å². The first kappa shape index (κ1) is 10.7. The molecule has 5 heteroatoms. The molecule has 1 rings (SSSR count). The highest BCUT2D eigenvalue weighted by Gasteiger charge is 2.20. The summed E-state index contributed by atoms with van der Waals surface area (Å²) in [5.41, 5.74) is -0.326. The maximum absolute atomic E-state index is 10.7. The minimum Gasteiger partial charge on any atom is -0.477 e. The number of carboxylic acid groups (broad SMARTS) is 1. The van der Waals surface area contributed by atoms with Gasteiger partial charge >= 0.3 is 5.97 Å². The molecule has 4 nitrogen and oxygen atoms in total. The van der Waals surface area contributed by atoms with Crippen LogP contribution in [0.3, 0.4) is 0 Å². The minimum absolute atomic E-state index is 0.0884. The van der Waals surface area contributed by atoms with Gasteiger partial charge in [-0.1, -0.05) is 20.8 Å². The van der Waals surface area contributed by atoms with Crippen molar-refractivity contribution in [2.75, 3.05) is 0 Å². The Balaban J connectivity index is 3.27. The molecule has 0 aliphatic carbocycles. The van der Waals surface area contributed by atoms with Crippen molar-refractivity contribution in [1.82, 2.24) is 9.97 Å². The molecule has 0 saturated heterocycles. The van der Waals surface area contributed by atoms with Gasteiger partial charge in [0.05, 0.1) is 0 Å². The highest BCUT2D eigenvalue weighted by Crippen LogP contribution is 2.16. The lowest BCUT2D eigenvalue weighted by atomic mass is 9.92. The van der Waals surface area contributed by atoms with Crippen LogP contribution in [0.5, 0.6) is 0 Å². The molecule has 0 saturated carbocycles. The van der Waals surface area contributed by atoms with Crippen LogP contribution < -0.4 is 5.46 Å². The van der Waals surface area contributed by atoms with Crippen molar-refractivity contribution in [3.63, 3.8) is 0 Å². The predicted octanol–water partition coefficient (Wildman–Crippen LogP) is 0.266. The third-order valence-electron chi connectivity index (χ3n) is 1.69. The Hall–Kier alpha value is -1.39. The van der Waals surface area contributed by atoms with E-state index in [9.17, 15) is 4.79 Å². The summed E-state index contributed by atoms with van der Waals surface area (Å²) in [7, 11) is 5.43. The fourth-order valence-electron chi connectivity index (χ4n) is 0.924. The van der Waals surface area contributed by atoms with Crippen LogP contribution in [0.25, 0.3) is 0 Å². The van der Waals surface area contributed by atoms with Gasteiger partial charge in [-0.25, -0.2) is 14.8 Å². The molecule has 0 amide bonds. The van der Waals surface area contributed by atoms with Crippen molar-refractivity contribution >= 4 is 19.3 Å². The van der Waals surface area contributed by atoms with Crippen molar-refractivity contribution in [3.8, 4) is 0 Å². The second-order valence-electron chi connectivity index (χ2n) is 4.05. The third kappa shape index (κ3) is 2.10. The summed E-state index contributed by atoms with van der Waals surface area (Å²) in [6.07, 6.45) is 1.33. The van der Waals surface area contributed by atoms with Crippen LogP contribution in [0, 0.1) is 0 Å². The fourth-order valence-corrected chi connectivity index (χ4v) is 0.924. The highest BCUT2D eigenvalue weighted by molar-refractivity contribution is 6.35. The van der Waals surface area contributed by atoms with Crippen molar-refractivity contribution < 1.29 is 9.90 Å². The second-order valence-corrected chi connectivity index (χ2v) is 4.05. The van der Waals surface area contributed by atoms with Crippen LogP contribution in [-0.2, 0) is 5.41 Å². The topological polar surface area (TPSA) is 63.1 Å². The number of nitrogens with zero attached hydrogens (tertiary/aromatic N) is 2.